The summed E-state index contributed by atoms with van der Waals surface area (Å²) >= 11 is 3.02. The molecule has 0 bridgehead atoms. The summed E-state index contributed by atoms with van der Waals surface area (Å²) in [6.07, 6.45) is 0. The van der Waals surface area contributed by atoms with E-state index in [0.717, 1.165) is 6.07 Å². The molecule has 1 unspecified atom stereocenters. The van der Waals surface area contributed by atoms with Crippen LogP contribution < -0.4 is 0 Å². The highest BCUT2D eigenvalue weighted by atomic mass is 79.9. The van der Waals surface area contributed by atoms with E-state index in [1.54, 1.807) is 0 Å². The average molecular weight is 351 g/mol. The van der Waals surface area contributed by atoms with Crippen LogP contribution in [-0.2, 0) is 10.0 Å². The number of halogens is 2. The second-order valence-electron chi connectivity index (χ2n) is 4.77. The first-order chi connectivity index (χ1) is 8.82. The van der Waals surface area contributed by atoms with Crippen molar-refractivity contribution in [3.05, 3.63) is 28.5 Å². The van der Waals surface area contributed by atoms with Crippen molar-refractivity contribution in [1.29, 1.82) is 0 Å². The fourth-order valence-corrected chi connectivity index (χ4v) is 3.79. The van der Waals surface area contributed by atoms with Gasteiger partial charge < -0.3 is 4.90 Å². The minimum absolute atomic E-state index is 0.00459. The van der Waals surface area contributed by atoms with Gasteiger partial charge in [-0.05, 0) is 48.1 Å². The fraction of sp³-hybridized carbons (Fsp3) is 0.500. The molecule has 106 valence electrons. The van der Waals surface area contributed by atoms with Crippen LogP contribution in [0.5, 0.6) is 0 Å². The van der Waals surface area contributed by atoms with Crippen molar-refractivity contribution >= 4 is 26.0 Å². The maximum absolute atomic E-state index is 13.5. The van der Waals surface area contributed by atoms with Crippen molar-refractivity contribution in [2.75, 3.05) is 26.7 Å². The van der Waals surface area contributed by atoms with Gasteiger partial charge in [0.1, 0.15) is 5.82 Å². The molecule has 7 heteroatoms. The molecule has 1 saturated heterocycles. The molecule has 1 aliphatic rings. The van der Waals surface area contributed by atoms with Gasteiger partial charge in [0.25, 0.3) is 0 Å². The van der Waals surface area contributed by atoms with Gasteiger partial charge >= 0.3 is 0 Å². The van der Waals surface area contributed by atoms with Crippen molar-refractivity contribution in [2.24, 2.45) is 0 Å². The maximum Gasteiger partial charge on any atom is 0.243 e. The van der Waals surface area contributed by atoms with Gasteiger partial charge in [0.05, 0.1) is 9.37 Å². The van der Waals surface area contributed by atoms with Crippen molar-refractivity contribution in [1.82, 2.24) is 9.21 Å². The molecule has 1 fully saturated rings. The van der Waals surface area contributed by atoms with E-state index in [1.165, 1.54) is 16.4 Å². The van der Waals surface area contributed by atoms with E-state index in [0.29, 0.717) is 19.6 Å². The van der Waals surface area contributed by atoms with Crippen LogP contribution in [0, 0.1) is 5.82 Å². The summed E-state index contributed by atoms with van der Waals surface area (Å²) in [4.78, 5) is 2.11. The Bertz CT molecular complexity index is 579. The Labute approximate surface area is 121 Å². The molecule has 0 radical (unpaired) electrons. The molecule has 0 saturated carbocycles. The van der Waals surface area contributed by atoms with Gasteiger partial charge in [-0.15, -0.1) is 0 Å². The van der Waals surface area contributed by atoms with Crippen LogP contribution in [0.15, 0.2) is 27.6 Å². The second-order valence-corrected chi connectivity index (χ2v) is 7.56. The van der Waals surface area contributed by atoms with E-state index in [4.69, 9.17) is 0 Å². The molecule has 0 spiro atoms. The van der Waals surface area contributed by atoms with Crippen LogP contribution in [0.3, 0.4) is 0 Å². The van der Waals surface area contributed by atoms with Crippen LogP contribution in [0.4, 0.5) is 4.39 Å². The Morgan fingerprint density at radius 3 is 2.63 bits per heavy atom. The number of rotatable bonds is 2. The summed E-state index contributed by atoms with van der Waals surface area (Å²) in [5, 5.41) is 0. The first kappa shape index (κ1) is 14.9. The van der Waals surface area contributed by atoms with E-state index < -0.39 is 15.8 Å². The van der Waals surface area contributed by atoms with E-state index >= 15 is 0 Å². The molecule has 1 atom stereocenters. The zero-order valence-electron chi connectivity index (χ0n) is 10.8. The summed E-state index contributed by atoms with van der Waals surface area (Å²) < 4.78 is 40.0. The van der Waals surface area contributed by atoms with Gasteiger partial charge in [0.2, 0.25) is 10.0 Å². The Morgan fingerprint density at radius 1 is 1.37 bits per heavy atom. The molecule has 1 aromatic carbocycles. The zero-order valence-corrected chi connectivity index (χ0v) is 13.2. The highest BCUT2D eigenvalue weighted by Crippen LogP contribution is 2.23. The third-order valence-corrected chi connectivity index (χ3v) is 5.96. The van der Waals surface area contributed by atoms with Gasteiger partial charge in [-0.3, -0.25) is 0 Å². The van der Waals surface area contributed by atoms with E-state index in [9.17, 15) is 12.8 Å². The van der Waals surface area contributed by atoms with E-state index in [-0.39, 0.29) is 15.4 Å². The minimum Gasteiger partial charge on any atom is -0.301 e. The van der Waals surface area contributed by atoms with Crippen molar-refractivity contribution in [3.63, 3.8) is 0 Å². The molecular formula is C12H16BrFN2O2S. The molecular weight excluding hydrogens is 335 g/mol. The smallest absolute Gasteiger partial charge is 0.243 e. The molecule has 1 heterocycles. The second kappa shape index (κ2) is 5.47. The topological polar surface area (TPSA) is 40.6 Å². The summed E-state index contributed by atoms with van der Waals surface area (Å²) in [6.45, 7) is 3.51. The van der Waals surface area contributed by atoms with Gasteiger partial charge in [0.15, 0.2) is 0 Å². The lowest BCUT2D eigenvalue weighted by atomic mass is 10.2. The van der Waals surface area contributed by atoms with E-state index in [2.05, 4.69) is 20.8 Å². The van der Waals surface area contributed by atoms with Crippen molar-refractivity contribution < 1.29 is 12.8 Å². The largest absolute Gasteiger partial charge is 0.301 e. The Hall–Kier alpha value is -0.500. The number of sulfonamides is 1. The Kier molecular flexibility index (Phi) is 4.29. The number of likely N-dealkylation sites (N-methyl/N-ethyl adjacent to an activating group) is 1. The zero-order chi connectivity index (χ0) is 14.2. The standard InChI is InChI=1S/C12H16BrFN2O2S/c1-9-8-16(6-5-15(9)2)19(17,18)10-3-4-11(13)12(14)7-10/h3-4,7,9H,5-6,8H2,1-2H3. The maximum atomic E-state index is 13.5. The Morgan fingerprint density at radius 2 is 2.05 bits per heavy atom. The first-order valence-corrected chi connectivity index (χ1v) is 8.21. The van der Waals surface area contributed by atoms with Crippen LogP contribution in [0.2, 0.25) is 0 Å². The SMILES string of the molecule is CC1CN(S(=O)(=O)c2ccc(Br)c(F)c2)CCN1C. The molecule has 0 aromatic heterocycles. The van der Waals surface area contributed by atoms with Crippen molar-refractivity contribution in [3.8, 4) is 0 Å². The van der Waals surface area contributed by atoms with Crippen LogP contribution in [0.25, 0.3) is 0 Å². The summed E-state index contributed by atoms with van der Waals surface area (Å²) in [5.74, 6) is -0.566. The first-order valence-electron chi connectivity index (χ1n) is 5.98. The van der Waals surface area contributed by atoms with Crippen molar-refractivity contribution in [2.45, 2.75) is 17.9 Å². The fourth-order valence-electron chi connectivity index (χ4n) is 2.02. The lowest BCUT2D eigenvalue weighted by Crippen LogP contribution is -2.51. The van der Waals surface area contributed by atoms with Crippen LogP contribution in [0.1, 0.15) is 6.92 Å². The van der Waals surface area contributed by atoms with Crippen LogP contribution in [-0.4, -0.2) is 50.3 Å². The predicted molar refractivity (Wildman–Crippen MR) is 75.0 cm³/mol. The van der Waals surface area contributed by atoms with Gasteiger partial charge in [-0.25, -0.2) is 12.8 Å². The number of nitrogens with zero attached hydrogens (tertiary/aromatic N) is 2. The molecule has 2 rings (SSSR count). The number of hydrogen-bond acceptors (Lipinski definition) is 3. The summed E-state index contributed by atoms with van der Waals surface area (Å²) in [6, 6.07) is 4.05. The monoisotopic (exact) mass is 350 g/mol. The quantitative estimate of drug-likeness (QED) is 0.817. The Balaban J connectivity index is 2.29. The highest BCUT2D eigenvalue weighted by Gasteiger charge is 2.31. The molecule has 1 aliphatic heterocycles. The molecule has 0 N–H and O–H groups in total. The predicted octanol–water partition coefficient (Wildman–Crippen LogP) is 1.91. The molecule has 19 heavy (non-hydrogen) atoms. The molecule has 4 nitrogen and oxygen atoms in total. The van der Waals surface area contributed by atoms with Gasteiger partial charge in [-0.2, -0.15) is 4.31 Å². The average Bonchev–Trinajstić information content (AvgIpc) is 2.35. The van der Waals surface area contributed by atoms with Gasteiger partial charge in [0, 0.05) is 25.7 Å². The lowest BCUT2D eigenvalue weighted by molar-refractivity contribution is 0.159. The number of benzene rings is 1. The molecule has 0 aliphatic carbocycles. The van der Waals surface area contributed by atoms with Gasteiger partial charge in [-0.1, -0.05) is 0 Å². The van der Waals surface area contributed by atoms with Crippen LogP contribution >= 0.6 is 15.9 Å². The third-order valence-electron chi connectivity index (χ3n) is 3.45. The summed E-state index contributed by atoms with van der Waals surface area (Å²) in [7, 11) is -1.65. The van der Waals surface area contributed by atoms with E-state index in [1.807, 2.05) is 14.0 Å². The number of piperazine rings is 1. The molecule has 1 aromatic rings. The minimum atomic E-state index is -3.61. The number of hydrogen-bond donors (Lipinski definition) is 0. The normalized spacial score (nSPS) is 22.6. The highest BCUT2D eigenvalue weighted by molar-refractivity contribution is 9.10. The third kappa shape index (κ3) is 2.99. The summed E-state index contributed by atoms with van der Waals surface area (Å²) in [5.41, 5.74) is 0. The lowest BCUT2D eigenvalue weighted by Gasteiger charge is -2.36. The molecule has 0 amide bonds.